The molecule has 0 saturated carbocycles. The number of phenolic OH excluding ortho intramolecular Hbond substituents is 1. The van der Waals surface area contributed by atoms with Crippen molar-refractivity contribution in [2.24, 2.45) is 4.99 Å². The van der Waals surface area contributed by atoms with Crippen LogP contribution in [0.3, 0.4) is 0 Å². The number of aliphatic imine (C=N–C) groups is 1. The van der Waals surface area contributed by atoms with Gasteiger partial charge in [-0.25, -0.2) is 4.98 Å². The number of benzene rings is 4. The van der Waals surface area contributed by atoms with E-state index in [4.69, 9.17) is 28.2 Å². The third-order valence-corrected chi connectivity index (χ3v) is 5.88. The fourth-order valence-electron chi connectivity index (χ4n) is 3.73. The van der Waals surface area contributed by atoms with Crippen LogP contribution < -0.4 is 0 Å². The second-order valence-corrected chi connectivity index (χ2v) is 8.49. The van der Waals surface area contributed by atoms with Crippen LogP contribution in [-0.4, -0.2) is 21.3 Å². The minimum absolute atomic E-state index is 0.0666. The van der Waals surface area contributed by atoms with E-state index in [1.807, 2.05) is 72.8 Å². The van der Waals surface area contributed by atoms with E-state index in [0.29, 0.717) is 22.1 Å². The number of aromatic nitrogens is 2. The van der Waals surface area contributed by atoms with Crippen molar-refractivity contribution in [2.45, 2.75) is 0 Å². The zero-order chi connectivity index (χ0) is 23.5. The summed E-state index contributed by atoms with van der Waals surface area (Å²) in [7, 11) is 0. The van der Waals surface area contributed by atoms with E-state index in [0.717, 1.165) is 28.1 Å². The van der Waals surface area contributed by atoms with Gasteiger partial charge in [0.25, 0.3) is 0 Å². The molecule has 0 aliphatic rings. The average Bonchev–Trinajstić information content (AvgIpc) is 3.32. The van der Waals surface area contributed by atoms with Crippen LogP contribution in [0.1, 0.15) is 5.56 Å². The number of halogens is 2. The molecule has 0 atom stereocenters. The molecular formula is C28H19Cl2N3O. The molecular weight excluding hydrogens is 465 g/mol. The van der Waals surface area contributed by atoms with Gasteiger partial charge in [0.1, 0.15) is 11.6 Å². The summed E-state index contributed by atoms with van der Waals surface area (Å²) in [6, 6.07) is 31.0. The Kier molecular flexibility index (Phi) is 6.17. The molecule has 0 saturated heterocycles. The van der Waals surface area contributed by atoms with Crippen molar-refractivity contribution >= 4 is 35.1 Å². The number of imidazole rings is 1. The Labute approximate surface area is 207 Å². The largest absolute Gasteiger partial charge is 0.506 e. The van der Waals surface area contributed by atoms with Gasteiger partial charge >= 0.3 is 0 Å². The van der Waals surface area contributed by atoms with Crippen LogP contribution in [0.2, 0.25) is 10.0 Å². The quantitative estimate of drug-likeness (QED) is 0.247. The predicted molar refractivity (Wildman–Crippen MR) is 140 cm³/mol. The molecule has 1 heterocycles. The summed E-state index contributed by atoms with van der Waals surface area (Å²) in [6.45, 7) is 0. The van der Waals surface area contributed by atoms with Crippen molar-refractivity contribution in [2.75, 3.05) is 0 Å². The first-order chi connectivity index (χ1) is 16.6. The summed E-state index contributed by atoms with van der Waals surface area (Å²) in [4.78, 5) is 13.1. The van der Waals surface area contributed by atoms with E-state index in [1.54, 1.807) is 12.3 Å². The number of aromatic amines is 1. The first-order valence-corrected chi connectivity index (χ1v) is 11.4. The van der Waals surface area contributed by atoms with Gasteiger partial charge in [0, 0.05) is 33.5 Å². The van der Waals surface area contributed by atoms with Crippen LogP contribution in [0.5, 0.6) is 5.75 Å². The maximum atomic E-state index is 10.3. The van der Waals surface area contributed by atoms with Crippen LogP contribution in [0.4, 0.5) is 5.69 Å². The molecule has 1 aromatic heterocycles. The zero-order valence-corrected chi connectivity index (χ0v) is 19.4. The zero-order valence-electron chi connectivity index (χ0n) is 17.9. The summed E-state index contributed by atoms with van der Waals surface area (Å²) >= 11 is 12.1. The Bertz CT molecular complexity index is 1420. The van der Waals surface area contributed by atoms with Crippen LogP contribution >= 0.6 is 23.2 Å². The summed E-state index contributed by atoms with van der Waals surface area (Å²) in [5.74, 6) is 0.627. The topological polar surface area (TPSA) is 61.3 Å². The summed E-state index contributed by atoms with van der Waals surface area (Å²) in [5.41, 5.74) is 5.79. The highest BCUT2D eigenvalue weighted by Gasteiger charge is 2.17. The molecule has 5 rings (SSSR count). The highest BCUT2D eigenvalue weighted by molar-refractivity contribution is 6.36. The van der Waals surface area contributed by atoms with E-state index in [1.165, 1.54) is 6.07 Å². The van der Waals surface area contributed by atoms with E-state index < -0.39 is 0 Å². The number of nitrogens with one attached hydrogen (secondary N) is 1. The fourth-order valence-corrected chi connectivity index (χ4v) is 4.24. The number of nitrogens with zero attached hydrogens (tertiary/aromatic N) is 2. The monoisotopic (exact) mass is 483 g/mol. The van der Waals surface area contributed by atoms with Crippen molar-refractivity contribution in [3.8, 4) is 39.7 Å². The molecule has 6 heteroatoms. The smallest absolute Gasteiger partial charge is 0.143 e. The third kappa shape index (κ3) is 4.46. The standard InChI is InChI=1S/C28H19Cl2N3O/c29-21-15-20(27(34)23(30)16-21)17-31-24-14-8-7-13-22(24)28-32-25(18-9-3-1-4-10-18)26(33-28)19-11-5-2-6-12-19/h1-17,34H,(H,32,33). The lowest BCUT2D eigenvalue weighted by Gasteiger charge is -2.04. The molecule has 2 N–H and O–H groups in total. The first kappa shape index (κ1) is 22.0. The van der Waals surface area contributed by atoms with Crippen molar-refractivity contribution in [3.05, 3.63) is 113 Å². The minimum Gasteiger partial charge on any atom is -0.506 e. The molecule has 0 fully saturated rings. The maximum Gasteiger partial charge on any atom is 0.143 e. The van der Waals surface area contributed by atoms with Gasteiger partial charge < -0.3 is 10.1 Å². The van der Waals surface area contributed by atoms with Crippen LogP contribution in [0, 0.1) is 0 Å². The Morgan fingerprint density at radius 1 is 0.794 bits per heavy atom. The molecule has 0 bridgehead atoms. The average molecular weight is 484 g/mol. The van der Waals surface area contributed by atoms with Gasteiger partial charge in [0.15, 0.2) is 0 Å². The van der Waals surface area contributed by atoms with Crippen LogP contribution in [0.25, 0.3) is 33.9 Å². The number of hydrogen-bond donors (Lipinski definition) is 2. The maximum absolute atomic E-state index is 10.3. The van der Waals surface area contributed by atoms with Gasteiger partial charge in [-0.2, -0.15) is 0 Å². The third-order valence-electron chi connectivity index (χ3n) is 5.37. The number of H-pyrrole nitrogens is 1. The highest BCUT2D eigenvalue weighted by atomic mass is 35.5. The normalized spacial score (nSPS) is 11.2. The van der Waals surface area contributed by atoms with Crippen molar-refractivity contribution in [3.63, 3.8) is 0 Å². The van der Waals surface area contributed by atoms with Crippen LogP contribution in [0.15, 0.2) is 102 Å². The van der Waals surface area contributed by atoms with Crippen molar-refractivity contribution in [1.82, 2.24) is 9.97 Å². The Balaban J connectivity index is 1.62. The Morgan fingerprint density at radius 3 is 2.18 bits per heavy atom. The lowest BCUT2D eigenvalue weighted by Crippen LogP contribution is -1.86. The fraction of sp³-hybridized carbons (Fsp3) is 0. The number of aromatic hydroxyl groups is 1. The molecule has 0 aliphatic carbocycles. The van der Waals surface area contributed by atoms with Gasteiger partial charge in [-0.15, -0.1) is 0 Å². The van der Waals surface area contributed by atoms with E-state index >= 15 is 0 Å². The molecule has 0 unspecified atom stereocenters. The molecule has 4 aromatic carbocycles. The van der Waals surface area contributed by atoms with Crippen molar-refractivity contribution < 1.29 is 5.11 Å². The van der Waals surface area contributed by atoms with Gasteiger partial charge in [-0.1, -0.05) is 96.0 Å². The van der Waals surface area contributed by atoms with Gasteiger partial charge in [-0.3, -0.25) is 4.99 Å². The molecule has 0 radical (unpaired) electrons. The molecule has 4 nitrogen and oxygen atoms in total. The van der Waals surface area contributed by atoms with Gasteiger partial charge in [0.2, 0.25) is 0 Å². The number of hydrogen-bond acceptors (Lipinski definition) is 3. The molecule has 0 spiro atoms. The number of rotatable bonds is 5. The molecule has 166 valence electrons. The first-order valence-electron chi connectivity index (χ1n) is 10.6. The predicted octanol–water partition coefficient (Wildman–Crippen LogP) is 8.17. The lowest BCUT2D eigenvalue weighted by molar-refractivity contribution is 0.475. The second-order valence-electron chi connectivity index (χ2n) is 7.64. The van der Waals surface area contributed by atoms with Crippen LogP contribution in [-0.2, 0) is 0 Å². The molecule has 0 amide bonds. The summed E-state index contributed by atoms with van der Waals surface area (Å²) in [5, 5.41) is 10.9. The second kappa shape index (κ2) is 9.56. The molecule has 0 aliphatic heterocycles. The molecule has 34 heavy (non-hydrogen) atoms. The van der Waals surface area contributed by atoms with E-state index in [-0.39, 0.29) is 10.8 Å². The Hall–Kier alpha value is -3.86. The van der Waals surface area contributed by atoms with E-state index in [2.05, 4.69) is 22.1 Å². The summed E-state index contributed by atoms with van der Waals surface area (Å²) < 4.78 is 0. The highest BCUT2D eigenvalue weighted by Crippen LogP contribution is 2.36. The Morgan fingerprint density at radius 2 is 1.44 bits per heavy atom. The number of phenols is 1. The minimum atomic E-state index is -0.0666. The lowest BCUT2D eigenvalue weighted by atomic mass is 10.1. The van der Waals surface area contributed by atoms with E-state index in [9.17, 15) is 5.11 Å². The van der Waals surface area contributed by atoms with Gasteiger partial charge in [-0.05, 0) is 24.3 Å². The van der Waals surface area contributed by atoms with Gasteiger partial charge in [0.05, 0.1) is 22.1 Å². The SMILES string of the molecule is Oc1c(Cl)cc(Cl)cc1C=Nc1ccccc1-c1nc(-c2ccccc2)c(-c2ccccc2)[nH]1. The summed E-state index contributed by atoms with van der Waals surface area (Å²) in [6.07, 6.45) is 1.55. The number of para-hydroxylation sites is 1. The molecule has 5 aromatic rings. The van der Waals surface area contributed by atoms with Crippen molar-refractivity contribution in [1.29, 1.82) is 0 Å².